The van der Waals surface area contributed by atoms with Gasteiger partial charge in [-0.25, -0.2) is 23.2 Å². The number of nitrogens with zero attached hydrogens (tertiary/aromatic N) is 3. The van der Waals surface area contributed by atoms with Gasteiger partial charge in [0.1, 0.15) is 5.82 Å². The monoisotopic (exact) mass is 365 g/mol. The van der Waals surface area contributed by atoms with Crippen molar-refractivity contribution in [2.24, 2.45) is 0 Å². The molecular formula is C16H23N5O3S. The number of rotatable bonds is 6. The Morgan fingerprint density at radius 2 is 2.04 bits per heavy atom. The minimum atomic E-state index is -3.77. The summed E-state index contributed by atoms with van der Waals surface area (Å²) in [4.78, 5) is 16.4. The van der Waals surface area contributed by atoms with E-state index >= 15 is 0 Å². The summed E-state index contributed by atoms with van der Waals surface area (Å²) in [7, 11) is -3.77. The molecular weight excluding hydrogens is 342 g/mol. The highest BCUT2D eigenvalue weighted by Gasteiger charge is 2.23. The fraction of sp³-hybridized carbons (Fsp3) is 0.562. The van der Waals surface area contributed by atoms with Crippen LogP contribution in [0.15, 0.2) is 16.0 Å². The van der Waals surface area contributed by atoms with Gasteiger partial charge in [0.15, 0.2) is 5.03 Å². The van der Waals surface area contributed by atoms with E-state index in [-0.39, 0.29) is 17.1 Å². The van der Waals surface area contributed by atoms with Crippen molar-refractivity contribution in [1.82, 2.24) is 24.5 Å². The largest absolute Gasteiger partial charge is 0.333 e. The zero-order valence-electron chi connectivity index (χ0n) is 14.5. The number of H-pyrrole nitrogens is 1. The maximum absolute atomic E-state index is 12.6. The quantitative estimate of drug-likeness (QED) is 0.790. The predicted octanol–water partition coefficient (Wildman–Crippen LogP) is 0.906. The molecule has 1 aliphatic heterocycles. The van der Waals surface area contributed by atoms with Gasteiger partial charge in [0, 0.05) is 31.3 Å². The topological polar surface area (TPSA) is 110 Å². The third-order valence-corrected chi connectivity index (χ3v) is 5.84. The Morgan fingerprint density at radius 3 is 2.72 bits per heavy atom. The number of hydrogen-bond donors (Lipinski definition) is 2. The molecule has 0 amide bonds. The van der Waals surface area contributed by atoms with Crippen molar-refractivity contribution >= 4 is 10.0 Å². The molecule has 2 aromatic rings. The van der Waals surface area contributed by atoms with Gasteiger partial charge < -0.3 is 4.57 Å². The molecule has 9 heteroatoms. The van der Waals surface area contributed by atoms with Crippen LogP contribution in [0.25, 0.3) is 0 Å². The van der Waals surface area contributed by atoms with Crippen molar-refractivity contribution in [3.8, 4) is 0 Å². The Labute approximate surface area is 146 Å². The van der Waals surface area contributed by atoms with E-state index < -0.39 is 10.0 Å². The van der Waals surface area contributed by atoms with Crippen molar-refractivity contribution in [3.05, 3.63) is 39.2 Å². The number of aryl methyl sites for hydroxylation is 3. The Hall–Kier alpha value is -2.00. The van der Waals surface area contributed by atoms with Gasteiger partial charge >= 0.3 is 0 Å². The van der Waals surface area contributed by atoms with Crippen LogP contribution in [-0.2, 0) is 42.4 Å². The molecule has 0 bridgehead atoms. The number of aromatic amines is 1. The van der Waals surface area contributed by atoms with Gasteiger partial charge in [0.25, 0.3) is 15.6 Å². The summed E-state index contributed by atoms with van der Waals surface area (Å²) in [5, 5.41) is 6.51. The van der Waals surface area contributed by atoms with E-state index in [2.05, 4.69) is 19.9 Å². The first-order valence-corrected chi connectivity index (χ1v) is 10.1. The highest BCUT2D eigenvalue weighted by molar-refractivity contribution is 7.89. The lowest BCUT2D eigenvalue weighted by molar-refractivity contribution is 0.522. The van der Waals surface area contributed by atoms with Gasteiger partial charge in [-0.2, -0.15) is 5.10 Å². The van der Waals surface area contributed by atoms with Crippen molar-refractivity contribution < 1.29 is 8.42 Å². The molecule has 1 aliphatic rings. The first-order chi connectivity index (χ1) is 12.0. The van der Waals surface area contributed by atoms with Gasteiger partial charge in [0.2, 0.25) is 0 Å². The number of hydrogen-bond acceptors (Lipinski definition) is 5. The average molecular weight is 365 g/mol. The molecule has 25 heavy (non-hydrogen) atoms. The average Bonchev–Trinajstić information content (AvgIpc) is 3.05. The second kappa shape index (κ2) is 7.09. The van der Waals surface area contributed by atoms with Gasteiger partial charge in [-0.1, -0.05) is 13.8 Å². The third-order valence-electron chi connectivity index (χ3n) is 4.57. The fourth-order valence-electron chi connectivity index (χ4n) is 3.22. The summed E-state index contributed by atoms with van der Waals surface area (Å²) < 4.78 is 29.6. The van der Waals surface area contributed by atoms with Crippen molar-refractivity contribution in [1.29, 1.82) is 0 Å². The number of sulfonamides is 1. The number of fused-ring (bicyclic) bond motifs is 1. The molecule has 0 aromatic carbocycles. The van der Waals surface area contributed by atoms with E-state index in [1.807, 2.05) is 18.4 Å². The fourth-order valence-corrected chi connectivity index (χ4v) is 4.19. The molecule has 2 aromatic heterocycles. The summed E-state index contributed by atoms with van der Waals surface area (Å²) in [6, 6.07) is 0. The highest BCUT2D eigenvalue weighted by Crippen LogP contribution is 2.18. The van der Waals surface area contributed by atoms with Gasteiger partial charge in [-0.3, -0.25) is 4.79 Å². The number of nitrogens with one attached hydrogen (secondary N) is 2. The molecule has 0 spiro atoms. The van der Waals surface area contributed by atoms with Crippen LogP contribution in [-0.4, -0.2) is 28.2 Å². The second-order valence-electron chi connectivity index (χ2n) is 6.13. The molecule has 0 aliphatic carbocycles. The normalized spacial score (nSPS) is 14.5. The van der Waals surface area contributed by atoms with Crippen LogP contribution in [0, 0.1) is 0 Å². The molecule has 0 fully saturated rings. The van der Waals surface area contributed by atoms with Crippen molar-refractivity contribution in [2.45, 2.75) is 64.1 Å². The van der Waals surface area contributed by atoms with Crippen LogP contribution in [0.5, 0.6) is 0 Å². The maximum atomic E-state index is 12.6. The molecule has 0 unspecified atom stereocenters. The molecule has 2 N–H and O–H groups in total. The Morgan fingerprint density at radius 1 is 1.24 bits per heavy atom. The zero-order chi connectivity index (χ0) is 18.0. The molecule has 0 atom stereocenters. The lowest BCUT2D eigenvalue weighted by atomic mass is 10.0. The minimum Gasteiger partial charge on any atom is -0.333 e. The van der Waals surface area contributed by atoms with E-state index in [0.717, 1.165) is 42.9 Å². The van der Waals surface area contributed by atoms with Crippen LogP contribution in [0.1, 0.15) is 49.3 Å². The molecule has 0 saturated heterocycles. The molecule has 0 radical (unpaired) electrons. The minimum absolute atomic E-state index is 0.0173. The molecule has 3 rings (SSSR count). The van der Waals surface area contributed by atoms with Gasteiger partial charge in [-0.05, 0) is 31.2 Å². The Balaban J connectivity index is 1.86. The van der Waals surface area contributed by atoms with Crippen LogP contribution >= 0.6 is 0 Å². The Bertz CT molecular complexity index is 906. The smallest absolute Gasteiger partial charge is 0.268 e. The lowest BCUT2D eigenvalue weighted by Crippen LogP contribution is -2.29. The van der Waals surface area contributed by atoms with Crippen molar-refractivity contribution in [3.63, 3.8) is 0 Å². The first kappa shape index (κ1) is 17.8. The molecule has 0 saturated carbocycles. The highest BCUT2D eigenvalue weighted by atomic mass is 32.2. The SMILES string of the molecule is CCc1n[nH]c(=O)c(CNS(=O)(=O)c2cn3c(n2)CCCC3)c1CC. The van der Waals surface area contributed by atoms with Crippen LogP contribution in [0.4, 0.5) is 0 Å². The summed E-state index contributed by atoms with van der Waals surface area (Å²) >= 11 is 0. The van der Waals surface area contributed by atoms with E-state index in [1.54, 1.807) is 6.20 Å². The third kappa shape index (κ3) is 3.52. The van der Waals surface area contributed by atoms with Crippen LogP contribution in [0.2, 0.25) is 0 Å². The maximum Gasteiger partial charge on any atom is 0.268 e. The predicted molar refractivity (Wildman–Crippen MR) is 92.8 cm³/mol. The molecule has 3 heterocycles. The first-order valence-electron chi connectivity index (χ1n) is 8.61. The molecule has 8 nitrogen and oxygen atoms in total. The van der Waals surface area contributed by atoms with E-state index in [9.17, 15) is 13.2 Å². The van der Waals surface area contributed by atoms with E-state index in [4.69, 9.17) is 0 Å². The summed E-state index contributed by atoms with van der Waals surface area (Å²) in [5.41, 5.74) is 1.65. The Kier molecular flexibility index (Phi) is 5.05. The number of aromatic nitrogens is 4. The van der Waals surface area contributed by atoms with Crippen LogP contribution < -0.4 is 10.3 Å². The summed E-state index contributed by atoms with van der Waals surface area (Å²) in [6.45, 7) is 4.60. The van der Waals surface area contributed by atoms with Crippen LogP contribution in [0.3, 0.4) is 0 Å². The lowest BCUT2D eigenvalue weighted by Gasteiger charge is -2.11. The number of imidazole rings is 1. The van der Waals surface area contributed by atoms with E-state index in [0.29, 0.717) is 18.4 Å². The van der Waals surface area contributed by atoms with Crippen molar-refractivity contribution in [2.75, 3.05) is 0 Å². The molecule has 136 valence electrons. The summed E-state index contributed by atoms with van der Waals surface area (Å²) in [5.74, 6) is 0.802. The standard InChI is InChI=1S/C16H23N5O3S/c1-3-11-12(16(22)20-19-13(11)4-2)9-17-25(23,24)15-10-21-8-6-5-7-14(21)18-15/h10,17H,3-9H2,1-2H3,(H,20,22). The zero-order valence-corrected chi connectivity index (χ0v) is 15.3. The van der Waals surface area contributed by atoms with Gasteiger partial charge in [-0.15, -0.1) is 0 Å². The van der Waals surface area contributed by atoms with E-state index in [1.165, 1.54) is 0 Å². The van der Waals surface area contributed by atoms with Gasteiger partial charge in [0.05, 0.1) is 5.69 Å². The summed E-state index contributed by atoms with van der Waals surface area (Å²) in [6.07, 6.45) is 5.72. The second-order valence-corrected chi connectivity index (χ2v) is 7.85.